The van der Waals surface area contributed by atoms with Crippen LogP contribution in [0.15, 0.2) is 35.4 Å². The van der Waals surface area contributed by atoms with Crippen LogP contribution < -0.4 is 16.3 Å². The second kappa shape index (κ2) is 10.5. The molecule has 10 heteroatoms. The fourth-order valence-corrected chi connectivity index (χ4v) is 5.75. The van der Waals surface area contributed by atoms with E-state index < -0.39 is 23.9 Å². The number of H-pyrrole nitrogens is 1. The molecule has 206 valence electrons. The monoisotopic (exact) mass is 535 g/mol. The number of aliphatic hydroxyl groups is 1. The van der Waals surface area contributed by atoms with Gasteiger partial charge in [-0.3, -0.25) is 0 Å². The summed E-state index contributed by atoms with van der Waals surface area (Å²) in [5, 5.41) is 16.8. The SMILES string of the molecule is Cc1cc2c(cc1F)C(NC(=O)Nc1cc(C)c(-c3cnc(=O)[nH]c3)nc1C1CCOCC1)[C@H](O)CC2(C)C. The van der Waals surface area contributed by atoms with Gasteiger partial charge < -0.3 is 25.5 Å². The number of aliphatic hydroxyl groups excluding tert-OH is 1. The first kappa shape index (κ1) is 27.0. The van der Waals surface area contributed by atoms with Crippen LogP contribution in [0.2, 0.25) is 0 Å². The van der Waals surface area contributed by atoms with Crippen LogP contribution in [0.1, 0.15) is 73.0 Å². The van der Waals surface area contributed by atoms with Gasteiger partial charge in [0.15, 0.2) is 0 Å². The highest BCUT2D eigenvalue weighted by Gasteiger charge is 2.40. The Hall–Kier alpha value is -3.63. The van der Waals surface area contributed by atoms with E-state index in [-0.39, 0.29) is 17.2 Å². The van der Waals surface area contributed by atoms with Crippen molar-refractivity contribution >= 4 is 11.7 Å². The second-order valence-corrected chi connectivity index (χ2v) is 11.2. The number of fused-ring (bicyclic) bond motifs is 1. The summed E-state index contributed by atoms with van der Waals surface area (Å²) in [7, 11) is 0. The third-order valence-electron chi connectivity index (χ3n) is 7.83. The average molecular weight is 536 g/mol. The molecule has 3 heterocycles. The molecule has 39 heavy (non-hydrogen) atoms. The number of carbonyl (C=O) groups excluding carboxylic acids is 1. The first-order valence-electron chi connectivity index (χ1n) is 13.2. The molecule has 0 spiro atoms. The van der Waals surface area contributed by atoms with E-state index in [2.05, 4.69) is 20.6 Å². The number of hydrogen-bond acceptors (Lipinski definition) is 6. The molecule has 2 aromatic heterocycles. The highest BCUT2D eigenvalue weighted by molar-refractivity contribution is 5.91. The summed E-state index contributed by atoms with van der Waals surface area (Å²) in [5.41, 5.74) is 4.60. The van der Waals surface area contributed by atoms with E-state index in [1.54, 1.807) is 13.1 Å². The molecular formula is C29H34FN5O4. The lowest BCUT2D eigenvalue weighted by Gasteiger charge is -2.41. The molecule has 2 aliphatic rings. The van der Waals surface area contributed by atoms with Gasteiger partial charge in [-0.1, -0.05) is 19.9 Å². The number of nitrogens with one attached hydrogen (secondary N) is 3. The van der Waals surface area contributed by atoms with Crippen molar-refractivity contribution in [3.8, 4) is 11.3 Å². The predicted molar refractivity (Wildman–Crippen MR) is 145 cm³/mol. The third-order valence-corrected chi connectivity index (χ3v) is 7.83. The van der Waals surface area contributed by atoms with Crippen molar-refractivity contribution in [1.29, 1.82) is 0 Å². The Labute approximate surface area is 226 Å². The smallest absolute Gasteiger partial charge is 0.344 e. The molecule has 1 saturated heterocycles. The van der Waals surface area contributed by atoms with E-state index >= 15 is 0 Å². The molecule has 1 aromatic carbocycles. The van der Waals surface area contributed by atoms with Crippen molar-refractivity contribution in [3.05, 3.63) is 74.8 Å². The van der Waals surface area contributed by atoms with Crippen LogP contribution in [0.25, 0.3) is 11.3 Å². The fourth-order valence-electron chi connectivity index (χ4n) is 5.75. The van der Waals surface area contributed by atoms with Crippen LogP contribution in [-0.4, -0.2) is 45.4 Å². The molecule has 3 aromatic rings. The number of nitrogens with zero attached hydrogens (tertiary/aromatic N) is 2. The number of anilines is 1. The number of pyridine rings is 1. The van der Waals surface area contributed by atoms with Crippen LogP contribution in [0, 0.1) is 19.7 Å². The lowest BCUT2D eigenvalue weighted by Crippen LogP contribution is -2.45. The zero-order valence-corrected chi connectivity index (χ0v) is 22.6. The highest BCUT2D eigenvalue weighted by atomic mass is 19.1. The maximum Gasteiger partial charge on any atom is 0.344 e. The fraction of sp³-hybridized carbons (Fsp3) is 0.448. The third kappa shape index (κ3) is 5.44. The molecule has 1 fully saturated rings. The molecule has 2 amide bonds. The number of halogens is 1. The number of aromatic amines is 1. The van der Waals surface area contributed by atoms with Crippen molar-refractivity contribution in [3.63, 3.8) is 0 Å². The summed E-state index contributed by atoms with van der Waals surface area (Å²) in [6, 6.07) is 3.81. The first-order valence-corrected chi connectivity index (χ1v) is 13.2. The predicted octanol–water partition coefficient (Wildman–Crippen LogP) is 4.39. The Morgan fingerprint density at radius 2 is 1.92 bits per heavy atom. The van der Waals surface area contributed by atoms with Crippen LogP contribution >= 0.6 is 0 Å². The van der Waals surface area contributed by atoms with Gasteiger partial charge in [0.25, 0.3) is 0 Å². The Morgan fingerprint density at radius 1 is 1.18 bits per heavy atom. The van der Waals surface area contributed by atoms with Gasteiger partial charge in [-0.2, -0.15) is 0 Å². The zero-order chi connectivity index (χ0) is 27.9. The number of aryl methyl sites for hydroxylation is 2. The van der Waals surface area contributed by atoms with Crippen LogP contribution in [0.5, 0.6) is 0 Å². The van der Waals surface area contributed by atoms with Gasteiger partial charge in [-0.25, -0.2) is 23.9 Å². The molecule has 2 atom stereocenters. The number of ether oxygens (including phenoxy) is 1. The number of urea groups is 1. The summed E-state index contributed by atoms with van der Waals surface area (Å²) in [6.07, 6.45) is 4.08. The van der Waals surface area contributed by atoms with Crippen molar-refractivity contribution < 1.29 is 19.0 Å². The highest BCUT2D eigenvalue weighted by Crippen LogP contribution is 2.43. The van der Waals surface area contributed by atoms with Crippen molar-refractivity contribution in [2.24, 2.45) is 0 Å². The van der Waals surface area contributed by atoms with E-state index in [9.17, 15) is 19.1 Å². The minimum atomic E-state index is -0.884. The molecule has 5 rings (SSSR count). The van der Waals surface area contributed by atoms with Crippen molar-refractivity contribution in [2.45, 2.75) is 70.4 Å². The summed E-state index contributed by atoms with van der Waals surface area (Å²) in [4.78, 5) is 36.2. The number of rotatable bonds is 4. The standard InChI is InChI=1S/C29H34FN5O4/c1-15-9-20-19(11-21(15)30)26(23(36)12-29(20,3)4)35-28(38)33-22-10-16(2)24(18-13-31-27(37)32-14-18)34-25(22)17-5-7-39-8-6-17/h9-11,13-14,17,23,26,36H,5-8,12H2,1-4H3,(H,31,32,37)(H2,33,35,38)/t23-,26?/m1/s1. The number of benzene rings is 1. The molecule has 0 bridgehead atoms. The summed E-state index contributed by atoms with van der Waals surface area (Å²) >= 11 is 0. The van der Waals surface area contributed by atoms with E-state index in [4.69, 9.17) is 9.72 Å². The van der Waals surface area contributed by atoms with Gasteiger partial charge in [0.2, 0.25) is 0 Å². The van der Waals surface area contributed by atoms with Crippen LogP contribution in [0.4, 0.5) is 14.9 Å². The van der Waals surface area contributed by atoms with Gasteiger partial charge in [-0.15, -0.1) is 0 Å². The minimum absolute atomic E-state index is 0.0583. The molecular weight excluding hydrogens is 501 g/mol. The first-order chi connectivity index (χ1) is 18.5. The number of carbonyl (C=O) groups is 1. The maximum atomic E-state index is 14.6. The molecule has 9 nitrogen and oxygen atoms in total. The lowest BCUT2D eigenvalue weighted by atomic mass is 9.69. The van der Waals surface area contributed by atoms with Gasteiger partial charge in [0, 0.05) is 37.1 Å². The quantitative estimate of drug-likeness (QED) is 0.392. The normalized spacial score (nSPS) is 20.8. The number of aromatic nitrogens is 3. The molecule has 1 aliphatic carbocycles. The molecule has 0 radical (unpaired) electrons. The zero-order valence-electron chi connectivity index (χ0n) is 22.6. The minimum Gasteiger partial charge on any atom is -0.391 e. The average Bonchev–Trinajstić information content (AvgIpc) is 2.89. The van der Waals surface area contributed by atoms with Gasteiger partial charge in [0.05, 0.1) is 29.2 Å². The Kier molecular flexibility index (Phi) is 7.26. The Balaban J connectivity index is 1.47. The van der Waals surface area contributed by atoms with Gasteiger partial charge >= 0.3 is 11.7 Å². The van der Waals surface area contributed by atoms with Crippen LogP contribution in [0.3, 0.4) is 0 Å². The van der Waals surface area contributed by atoms with E-state index in [1.807, 2.05) is 32.9 Å². The summed E-state index contributed by atoms with van der Waals surface area (Å²) in [5.74, 6) is -0.317. The lowest BCUT2D eigenvalue weighted by molar-refractivity contribution is 0.0846. The molecule has 4 N–H and O–H groups in total. The largest absolute Gasteiger partial charge is 0.391 e. The van der Waals surface area contributed by atoms with E-state index in [0.717, 1.165) is 24.0 Å². The Bertz CT molecular complexity index is 1440. The second-order valence-electron chi connectivity index (χ2n) is 11.2. The number of hydrogen-bond donors (Lipinski definition) is 4. The molecule has 1 unspecified atom stereocenters. The van der Waals surface area contributed by atoms with Crippen molar-refractivity contribution in [1.82, 2.24) is 20.3 Å². The summed E-state index contributed by atoms with van der Waals surface area (Å²) in [6.45, 7) is 8.79. The summed E-state index contributed by atoms with van der Waals surface area (Å²) < 4.78 is 20.1. The Morgan fingerprint density at radius 3 is 2.62 bits per heavy atom. The molecule has 1 aliphatic heterocycles. The van der Waals surface area contributed by atoms with E-state index in [1.165, 1.54) is 12.3 Å². The van der Waals surface area contributed by atoms with E-state index in [0.29, 0.717) is 53.4 Å². The van der Waals surface area contributed by atoms with Gasteiger partial charge in [0.1, 0.15) is 5.82 Å². The molecule has 0 saturated carbocycles. The van der Waals surface area contributed by atoms with Crippen LogP contribution in [-0.2, 0) is 10.2 Å². The van der Waals surface area contributed by atoms with Crippen molar-refractivity contribution in [2.75, 3.05) is 18.5 Å². The topological polar surface area (TPSA) is 129 Å². The maximum absolute atomic E-state index is 14.6. The van der Waals surface area contributed by atoms with Gasteiger partial charge in [-0.05, 0) is 72.9 Å². The number of amides is 2.